The molecular formula is C12H8O. The van der Waals surface area contributed by atoms with Crippen LogP contribution in [0.1, 0.15) is 11.1 Å². The summed E-state index contributed by atoms with van der Waals surface area (Å²) in [4.78, 5) is 0. The van der Waals surface area contributed by atoms with Crippen LogP contribution in [0.3, 0.4) is 0 Å². The average Bonchev–Trinajstić information content (AvgIpc) is 2.50. The summed E-state index contributed by atoms with van der Waals surface area (Å²) in [7, 11) is 0. The third kappa shape index (κ3) is 0.813. The van der Waals surface area contributed by atoms with Crippen molar-refractivity contribution in [2.24, 2.45) is 0 Å². The molecule has 13 heavy (non-hydrogen) atoms. The topological polar surface area (TPSA) is 20.2 Å². The fourth-order valence-electron chi connectivity index (χ4n) is 1.92. The molecule has 0 saturated heterocycles. The van der Waals surface area contributed by atoms with Crippen molar-refractivity contribution >= 4 is 22.9 Å². The molecule has 0 fully saturated rings. The highest BCUT2D eigenvalue weighted by molar-refractivity contribution is 6.05. The van der Waals surface area contributed by atoms with Gasteiger partial charge in [-0.1, -0.05) is 30.4 Å². The minimum absolute atomic E-state index is 0.339. The van der Waals surface area contributed by atoms with Gasteiger partial charge in [0.25, 0.3) is 0 Å². The molecule has 1 N–H and O–H groups in total. The molecule has 0 radical (unpaired) electrons. The lowest BCUT2D eigenvalue weighted by Crippen LogP contribution is -1.77. The van der Waals surface area contributed by atoms with Crippen LogP contribution < -0.4 is 0 Å². The minimum Gasteiger partial charge on any atom is -0.508 e. The number of rotatable bonds is 0. The van der Waals surface area contributed by atoms with E-state index in [2.05, 4.69) is 12.1 Å². The third-order valence-corrected chi connectivity index (χ3v) is 2.47. The molecule has 0 atom stereocenters. The van der Waals surface area contributed by atoms with Gasteiger partial charge in [0.05, 0.1) is 0 Å². The number of hydrogen-bond donors (Lipinski definition) is 1. The first-order chi connectivity index (χ1) is 6.34. The molecule has 0 aromatic heterocycles. The van der Waals surface area contributed by atoms with E-state index in [-0.39, 0.29) is 0 Å². The predicted molar refractivity (Wildman–Crippen MR) is 54.5 cm³/mol. The van der Waals surface area contributed by atoms with E-state index < -0.39 is 0 Å². The quantitative estimate of drug-likeness (QED) is 0.547. The minimum atomic E-state index is 0.339. The summed E-state index contributed by atoms with van der Waals surface area (Å²) in [6.45, 7) is 0. The zero-order valence-corrected chi connectivity index (χ0v) is 6.99. The Morgan fingerprint density at radius 1 is 0.923 bits per heavy atom. The van der Waals surface area contributed by atoms with Gasteiger partial charge in [-0.05, 0) is 34.0 Å². The zero-order chi connectivity index (χ0) is 8.84. The van der Waals surface area contributed by atoms with Crippen LogP contribution in [0.4, 0.5) is 0 Å². The maximum atomic E-state index is 9.43. The first-order valence-electron chi connectivity index (χ1n) is 4.28. The highest BCUT2D eigenvalue weighted by atomic mass is 16.3. The van der Waals surface area contributed by atoms with Gasteiger partial charge in [0.15, 0.2) is 0 Å². The van der Waals surface area contributed by atoms with Crippen LogP contribution in [0.25, 0.3) is 22.9 Å². The summed E-state index contributed by atoms with van der Waals surface area (Å²) in [6, 6.07) is 9.72. The van der Waals surface area contributed by atoms with Crippen LogP contribution in [0.5, 0.6) is 5.75 Å². The Hall–Kier alpha value is -1.76. The zero-order valence-electron chi connectivity index (χ0n) is 6.99. The van der Waals surface area contributed by atoms with Gasteiger partial charge in [0.2, 0.25) is 0 Å². The van der Waals surface area contributed by atoms with Crippen molar-refractivity contribution in [1.82, 2.24) is 0 Å². The number of benzene rings is 2. The van der Waals surface area contributed by atoms with Crippen molar-refractivity contribution in [3.8, 4) is 5.75 Å². The summed E-state index contributed by atoms with van der Waals surface area (Å²) in [5, 5.41) is 11.8. The Morgan fingerprint density at radius 3 is 2.69 bits per heavy atom. The molecule has 0 aliphatic heterocycles. The SMILES string of the molecule is Oc1cc2c3c(cccc3c1)C=C2. The van der Waals surface area contributed by atoms with E-state index in [1.165, 1.54) is 10.9 Å². The van der Waals surface area contributed by atoms with Crippen molar-refractivity contribution in [3.05, 3.63) is 41.5 Å². The van der Waals surface area contributed by atoms with Crippen LogP contribution in [0.2, 0.25) is 0 Å². The summed E-state index contributed by atoms with van der Waals surface area (Å²) in [5.74, 6) is 0.339. The van der Waals surface area contributed by atoms with Gasteiger partial charge in [0.1, 0.15) is 5.75 Å². The van der Waals surface area contributed by atoms with Crippen LogP contribution in [0.15, 0.2) is 30.3 Å². The Kier molecular flexibility index (Phi) is 1.10. The maximum absolute atomic E-state index is 9.43. The van der Waals surface area contributed by atoms with Crippen LogP contribution in [-0.4, -0.2) is 5.11 Å². The Balaban J connectivity index is 2.59. The molecule has 3 rings (SSSR count). The Morgan fingerprint density at radius 2 is 1.77 bits per heavy atom. The van der Waals surface area contributed by atoms with Gasteiger partial charge in [-0.25, -0.2) is 0 Å². The fraction of sp³-hybridized carbons (Fsp3) is 0. The van der Waals surface area contributed by atoms with Crippen LogP contribution in [-0.2, 0) is 0 Å². The highest BCUT2D eigenvalue weighted by Gasteiger charge is 2.08. The second kappa shape index (κ2) is 2.13. The van der Waals surface area contributed by atoms with E-state index in [9.17, 15) is 5.11 Å². The van der Waals surface area contributed by atoms with E-state index >= 15 is 0 Å². The Labute approximate surface area is 75.9 Å². The molecule has 62 valence electrons. The van der Waals surface area contributed by atoms with Gasteiger partial charge in [0, 0.05) is 0 Å². The second-order valence-electron chi connectivity index (χ2n) is 3.31. The molecule has 2 aromatic carbocycles. The first kappa shape index (κ1) is 6.72. The van der Waals surface area contributed by atoms with Gasteiger partial charge >= 0.3 is 0 Å². The lowest BCUT2D eigenvalue weighted by Gasteiger charge is -2.02. The number of aromatic hydroxyl groups is 1. The number of phenols is 1. The summed E-state index contributed by atoms with van der Waals surface area (Å²) >= 11 is 0. The summed E-state index contributed by atoms with van der Waals surface area (Å²) < 4.78 is 0. The molecule has 2 aromatic rings. The van der Waals surface area contributed by atoms with Gasteiger partial charge < -0.3 is 5.11 Å². The molecule has 1 heteroatoms. The van der Waals surface area contributed by atoms with Gasteiger partial charge in [-0.3, -0.25) is 0 Å². The number of hydrogen-bond acceptors (Lipinski definition) is 1. The first-order valence-corrected chi connectivity index (χ1v) is 4.28. The van der Waals surface area contributed by atoms with E-state index in [0.717, 1.165) is 10.9 Å². The van der Waals surface area contributed by atoms with Crippen molar-refractivity contribution in [1.29, 1.82) is 0 Å². The van der Waals surface area contributed by atoms with Crippen molar-refractivity contribution in [3.63, 3.8) is 0 Å². The predicted octanol–water partition coefficient (Wildman–Crippen LogP) is 3.03. The molecule has 1 nitrogen and oxygen atoms in total. The third-order valence-electron chi connectivity index (χ3n) is 2.47. The molecule has 0 bridgehead atoms. The molecule has 0 amide bonds. The van der Waals surface area contributed by atoms with E-state index in [4.69, 9.17) is 0 Å². The molecular weight excluding hydrogens is 160 g/mol. The standard InChI is InChI=1S/C12H8O/c13-11-6-9-3-1-2-8-4-5-10(7-11)12(8)9/h1-7,13H. The van der Waals surface area contributed by atoms with Crippen molar-refractivity contribution < 1.29 is 5.11 Å². The lowest BCUT2D eigenvalue weighted by atomic mass is 10.0. The smallest absolute Gasteiger partial charge is 0.116 e. The highest BCUT2D eigenvalue weighted by Crippen LogP contribution is 2.33. The Bertz CT molecular complexity index is 524. The monoisotopic (exact) mass is 168 g/mol. The average molecular weight is 168 g/mol. The summed E-state index contributed by atoms with van der Waals surface area (Å²) in [5.41, 5.74) is 2.36. The van der Waals surface area contributed by atoms with Crippen LogP contribution >= 0.6 is 0 Å². The molecule has 0 heterocycles. The lowest BCUT2D eigenvalue weighted by molar-refractivity contribution is 0.476. The molecule has 0 saturated carbocycles. The maximum Gasteiger partial charge on any atom is 0.116 e. The van der Waals surface area contributed by atoms with E-state index in [1.807, 2.05) is 18.2 Å². The van der Waals surface area contributed by atoms with Gasteiger partial charge in [-0.15, -0.1) is 0 Å². The molecule has 0 spiro atoms. The van der Waals surface area contributed by atoms with Crippen molar-refractivity contribution in [2.45, 2.75) is 0 Å². The molecule has 1 aliphatic rings. The number of phenolic OH excluding ortho intramolecular Hbond substituents is 1. The van der Waals surface area contributed by atoms with Crippen LogP contribution in [0, 0.1) is 0 Å². The normalized spacial score (nSPS) is 12.6. The van der Waals surface area contributed by atoms with Gasteiger partial charge in [-0.2, -0.15) is 0 Å². The largest absolute Gasteiger partial charge is 0.508 e. The molecule has 1 aliphatic carbocycles. The summed E-state index contributed by atoms with van der Waals surface area (Å²) in [6.07, 6.45) is 4.12. The van der Waals surface area contributed by atoms with Crippen molar-refractivity contribution in [2.75, 3.05) is 0 Å². The molecule has 0 unspecified atom stereocenters. The van der Waals surface area contributed by atoms with E-state index in [1.54, 1.807) is 12.1 Å². The van der Waals surface area contributed by atoms with E-state index in [0.29, 0.717) is 5.75 Å². The second-order valence-corrected chi connectivity index (χ2v) is 3.31. The fourth-order valence-corrected chi connectivity index (χ4v) is 1.92.